The highest BCUT2D eigenvalue weighted by molar-refractivity contribution is 6.88. The number of nitrogens with zero attached hydrogens (tertiary/aromatic N) is 1. The fourth-order valence-electron chi connectivity index (χ4n) is 7.66. The van der Waals surface area contributed by atoms with Crippen molar-refractivity contribution in [2.24, 2.45) is 0 Å². The standard InChI is InChI=1S/C42H35NOSi/c1-42(2)36-24-39-34(22-32(36)33-23-35-31-11-7-9-13-40(31)44-41(35)25-37(33)42)30-10-6-8-12-38(30)43(39)28-18-14-26(15-19-28)27-16-20-29(21-17-27)45(3,4)5/h6-25H,1-5H3. The lowest BCUT2D eigenvalue weighted by Gasteiger charge is -2.21. The molecule has 2 nitrogen and oxygen atoms in total. The van der Waals surface area contributed by atoms with E-state index >= 15 is 0 Å². The molecule has 1 aliphatic carbocycles. The van der Waals surface area contributed by atoms with Gasteiger partial charge in [0.25, 0.3) is 0 Å². The van der Waals surface area contributed by atoms with E-state index in [2.05, 4.69) is 153 Å². The van der Waals surface area contributed by atoms with Gasteiger partial charge < -0.3 is 8.98 Å². The van der Waals surface area contributed by atoms with E-state index in [-0.39, 0.29) is 5.41 Å². The summed E-state index contributed by atoms with van der Waals surface area (Å²) in [4.78, 5) is 0. The van der Waals surface area contributed by atoms with E-state index in [9.17, 15) is 0 Å². The first-order chi connectivity index (χ1) is 21.7. The third-order valence-electron chi connectivity index (χ3n) is 10.2. The van der Waals surface area contributed by atoms with E-state index in [0.29, 0.717) is 0 Å². The summed E-state index contributed by atoms with van der Waals surface area (Å²) in [5.74, 6) is 0. The Morgan fingerprint density at radius 2 is 1.13 bits per heavy atom. The summed E-state index contributed by atoms with van der Waals surface area (Å²) in [5.41, 5.74) is 13.3. The highest BCUT2D eigenvalue weighted by atomic mass is 28.3. The molecule has 2 heterocycles. The second kappa shape index (κ2) is 9.09. The van der Waals surface area contributed by atoms with Crippen molar-refractivity contribution in [3.05, 3.63) is 132 Å². The lowest BCUT2D eigenvalue weighted by atomic mass is 9.82. The van der Waals surface area contributed by atoms with E-state index in [1.165, 1.54) is 76.8 Å². The SMILES string of the molecule is CC1(C)c2cc3oc4ccccc4c3cc2-c2cc3c4ccccc4n(-c4ccc(-c5ccc([Si](C)(C)C)cc5)cc4)c3cc21. The molecule has 3 heteroatoms. The van der Waals surface area contributed by atoms with Crippen LogP contribution in [0.2, 0.25) is 19.6 Å². The molecule has 0 bridgehead atoms. The fraction of sp³-hybridized carbons (Fsp3) is 0.143. The minimum Gasteiger partial charge on any atom is -0.456 e. The topological polar surface area (TPSA) is 18.1 Å². The Hall–Kier alpha value is -4.86. The van der Waals surface area contributed by atoms with Crippen molar-refractivity contribution >= 4 is 57.0 Å². The van der Waals surface area contributed by atoms with Gasteiger partial charge in [0.15, 0.2) is 0 Å². The summed E-state index contributed by atoms with van der Waals surface area (Å²) >= 11 is 0. The van der Waals surface area contributed by atoms with Gasteiger partial charge in [-0.15, -0.1) is 0 Å². The second-order valence-corrected chi connectivity index (χ2v) is 19.3. The third kappa shape index (κ3) is 3.80. The van der Waals surface area contributed by atoms with Crippen molar-refractivity contribution in [3.8, 4) is 27.9 Å². The van der Waals surface area contributed by atoms with Crippen LogP contribution in [-0.4, -0.2) is 12.6 Å². The largest absolute Gasteiger partial charge is 0.456 e. The number of fused-ring (bicyclic) bond motifs is 9. The molecule has 0 radical (unpaired) electrons. The maximum Gasteiger partial charge on any atom is 0.135 e. The molecular weight excluding hydrogens is 563 g/mol. The first kappa shape index (κ1) is 26.5. The zero-order valence-corrected chi connectivity index (χ0v) is 27.4. The normalized spacial score (nSPS) is 14.1. The Morgan fingerprint density at radius 1 is 0.533 bits per heavy atom. The molecule has 0 fully saturated rings. The molecule has 6 aromatic carbocycles. The quantitative estimate of drug-likeness (QED) is 0.185. The van der Waals surface area contributed by atoms with Crippen molar-refractivity contribution in [2.45, 2.75) is 38.9 Å². The molecule has 0 spiro atoms. The number of hydrogen-bond acceptors (Lipinski definition) is 1. The van der Waals surface area contributed by atoms with Gasteiger partial charge in [-0.3, -0.25) is 0 Å². The Labute approximate surface area is 264 Å². The second-order valence-electron chi connectivity index (χ2n) is 14.3. The molecule has 0 amide bonds. The van der Waals surface area contributed by atoms with Gasteiger partial charge in [0.1, 0.15) is 11.2 Å². The summed E-state index contributed by atoms with van der Waals surface area (Å²) in [6, 6.07) is 45.1. The Bertz CT molecular complexity index is 2470. The minimum atomic E-state index is -1.32. The molecule has 0 saturated carbocycles. The van der Waals surface area contributed by atoms with Crippen molar-refractivity contribution in [1.29, 1.82) is 0 Å². The first-order valence-electron chi connectivity index (χ1n) is 15.9. The van der Waals surface area contributed by atoms with Crippen LogP contribution < -0.4 is 5.19 Å². The molecule has 0 N–H and O–H groups in total. The van der Waals surface area contributed by atoms with E-state index in [4.69, 9.17) is 4.42 Å². The average Bonchev–Trinajstić information content (AvgIpc) is 3.64. The smallest absolute Gasteiger partial charge is 0.135 e. The van der Waals surface area contributed by atoms with Crippen LogP contribution in [-0.2, 0) is 5.41 Å². The molecule has 45 heavy (non-hydrogen) atoms. The highest BCUT2D eigenvalue weighted by Gasteiger charge is 2.37. The molecular formula is C42H35NOSi. The maximum atomic E-state index is 6.33. The van der Waals surface area contributed by atoms with Gasteiger partial charge in [-0.05, 0) is 81.9 Å². The molecule has 2 aromatic heterocycles. The summed E-state index contributed by atoms with van der Waals surface area (Å²) in [6.07, 6.45) is 0. The number of rotatable bonds is 3. The molecule has 0 aliphatic heterocycles. The van der Waals surface area contributed by atoms with Gasteiger partial charge >= 0.3 is 0 Å². The van der Waals surface area contributed by atoms with Crippen LogP contribution in [0.4, 0.5) is 0 Å². The zero-order chi connectivity index (χ0) is 30.7. The van der Waals surface area contributed by atoms with Gasteiger partial charge in [0.05, 0.1) is 19.1 Å². The van der Waals surface area contributed by atoms with Gasteiger partial charge in [-0.25, -0.2) is 0 Å². The number of para-hydroxylation sites is 2. The summed E-state index contributed by atoms with van der Waals surface area (Å²) in [6.45, 7) is 11.9. The van der Waals surface area contributed by atoms with Crippen molar-refractivity contribution in [2.75, 3.05) is 0 Å². The van der Waals surface area contributed by atoms with Gasteiger partial charge in [-0.1, -0.05) is 111 Å². The van der Waals surface area contributed by atoms with Crippen LogP contribution in [0.15, 0.2) is 126 Å². The molecule has 0 saturated heterocycles. The number of aromatic nitrogens is 1. The van der Waals surface area contributed by atoms with Crippen molar-refractivity contribution in [1.82, 2.24) is 4.57 Å². The van der Waals surface area contributed by atoms with Crippen LogP contribution in [0, 0.1) is 0 Å². The van der Waals surface area contributed by atoms with Crippen LogP contribution in [0.1, 0.15) is 25.0 Å². The van der Waals surface area contributed by atoms with E-state index < -0.39 is 8.07 Å². The first-order valence-corrected chi connectivity index (χ1v) is 19.4. The van der Waals surface area contributed by atoms with Gasteiger partial charge in [0, 0.05) is 32.6 Å². The van der Waals surface area contributed by atoms with Gasteiger partial charge in [-0.2, -0.15) is 0 Å². The summed E-state index contributed by atoms with van der Waals surface area (Å²) in [7, 11) is -1.32. The zero-order valence-electron chi connectivity index (χ0n) is 26.4. The number of benzene rings is 6. The fourth-order valence-corrected chi connectivity index (χ4v) is 8.82. The Kier molecular flexibility index (Phi) is 5.36. The van der Waals surface area contributed by atoms with Crippen molar-refractivity contribution < 1.29 is 4.42 Å². The molecule has 0 unspecified atom stereocenters. The van der Waals surface area contributed by atoms with E-state index in [1.807, 2.05) is 6.07 Å². The predicted molar refractivity (Wildman–Crippen MR) is 194 cm³/mol. The summed E-state index contributed by atoms with van der Waals surface area (Å²) < 4.78 is 8.77. The molecule has 0 atom stereocenters. The van der Waals surface area contributed by atoms with Crippen LogP contribution in [0.25, 0.3) is 71.7 Å². The Morgan fingerprint density at radius 3 is 1.84 bits per heavy atom. The van der Waals surface area contributed by atoms with Gasteiger partial charge in [0.2, 0.25) is 0 Å². The Balaban J connectivity index is 1.22. The van der Waals surface area contributed by atoms with E-state index in [1.54, 1.807) is 0 Å². The van der Waals surface area contributed by atoms with Crippen LogP contribution in [0.3, 0.4) is 0 Å². The molecule has 1 aliphatic rings. The van der Waals surface area contributed by atoms with E-state index in [0.717, 1.165) is 11.2 Å². The van der Waals surface area contributed by atoms with Crippen LogP contribution in [0.5, 0.6) is 0 Å². The highest BCUT2D eigenvalue weighted by Crippen LogP contribution is 2.52. The minimum absolute atomic E-state index is 0.154. The maximum absolute atomic E-state index is 6.33. The van der Waals surface area contributed by atoms with Crippen molar-refractivity contribution in [3.63, 3.8) is 0 Å². The monoisotopic (exact) mass is 597 g/mol. The lowest BCUT2D eigenvalue weighted by molar-refractivity contribution is 0.647. The number of hydrogen-bond donors (Lipinski definition) is 0. The predicted octanol–water partition coefficient (Wildman–Crippen LogP) is 11.2. The molecule has 218 valence electrons. The molecule has 9 rings (SSSR count). The average molecular weight is 598 g/mol. The van der Waals surface area contributed by atoms with Crippen LogP contribution >= 0.6 is 0 Å². The third-order valence-corrected chi connectivity index (χ3v) is 12.2. The lowest BCUT2D eigenvalue weighted by Crippen LogP contribution is -2.37. The molecule has 8 aromatic rings. The summed E-state index contributed by atoms with van der Waals surface area (Å²) in [5, 5.41) is 6.42. The number of furan rings is 1.